The molecule has 0 aliphatic rings. The topological polar surface area (TPSA) is 38.7 Å². The molecular weight excluding hydrogens is 228 g/mol. The van der Waals surface area contributed by atoms with Crippen molar-refractivity contribution in [1.29, 1.82) is 0 Å². The highest BCUT2D eigenvalue weighted by atomic mass is 35.5. The van der Waals surface area contributed by atoms with Gasteiger partial charge in [-0.1, -0.05) is 11.6 Å². The smallest absolute Gasteiger partial charge is 0.130 e. The van der Waals surface area contributed by atoms with Gasteiger partial charge in [-0.3, -0.25) is 0 Å². The third kappa shape index (κ3) is 1.53. The SMILES string of the molecule is COc1ccc(Cl)c2c(OC)ccc(O)c12. The molecular formula is C12H11ClO3. The lowest BCUT2D eigenvalue weighted by atomic mass is 10.1. The zero-order chi connectivity index (χ0) is 11.7. The van der Waals surface area contributed by atoms with Gasteiger partial charge in [0.05, 0.1) is 24.6 Å². The lowest BCUT2D eigenvalue weighted by molar-refractivity contribution is 0.411. The molecule has 0 heterocycles. The first-order chi connectivity index (χ1) is 7.69. The second kappa shape index (κ2) is 4.10. The van der Waals surface area contributed by atoms with Crippen molar-refractivity contribution in [3.63, 3.8) is 0 Å². The molecule has 0 aliphatic carbocycles. The third-order valence-electron chi connectivity index (χ3n) is 2.45. The maximum atomic E-state index is 9.83. The summed E-state index contributed by atoms with van der Waals surface area (Å²) in [5, 5.41) is 11.6. The Labute approximate surface area is 98.2 Å². The van der Waals surface area contributed by atoms with Gasteiger partial charge in [-0.05, 0) is 24.3 Å². The summed E-state index contributed by atoms with van der Waals surface area (Å²) in [5.74, 6) is 1.29. The molecule has 0 saturated carbocycles. The molecule has 16 heavy (non-hydrogen) atoms. The van der Waals surface area contributed by atoms with Gasteiger partial charge in [0.25, 0.3) is 0 Å². The molecule has 2 rings (SSSR count). The van der Waals surface area contributed by atoms with E-state index >= 15 is 0 Å². The molecule has 0 bridgehead atoms. The van der Waals surface area contributed by atoms with E-state index in [9.17, 15) is 5.11 Å². The van der Waals surface area contributed by atoms with E-state index in [1.54, 1.807) is 38.5 Å². The number of phenolic OH excluding ortho intramolecular Hbond substituents is 1. The number of methoxy groups -OCH3 is 2. The second-order valence-corrected chi connectivity index (χ2v) is 3.69. The molecule has 0 aromatic heterocycles. The van der Waals surface area contributed by atoms with Crippen molar-refractivity contribution in [2.24, 2.45) is 0 Å². The van der Waals surface area contributed by atoms with E-state index in [2.05, 4.69) is 0 Å². The van der Waals surface area contributed by atoms with Crippen molar-refractivity contribution < 1.29 is 14.6 Å². The number of fused-ring (bicyclic) bond motifs is 1. The number of hydrogen-bond donors (Lipinski definition) is 1. The number of hydrogen-bond acceptors (Lipinski definition) is 3. The van der Waals surface area contributed by atoms with Crippen LogP contribution in [0.25, 0.3) is 10.8 Å². The van der Waals surface area contributed by atoms with E-state index in [0.29, 0.717) is 27.3 Å². The molecule has 0 fully saturated rings. The molecule has 0 radical (unpaired) electrons. The van der Waals surface area contributed by atoms with Crippen molar-refractivity contribution in [3.8, 4) is 17.2 Å². The average molecular weight is 239 g/mol. The number of halogens is 1. The molecule has 0 unspecified atom stereocenters. The van der Waals surface area contributed by atoms with E-state index in [1.807, 2.05) is 0 Å². The highest BCUT2D eigenvalue weighted by molar-refractivity contribution is 6.36. The molecule has 0 amide bonds. The van der Waals surface area contributed by atoms with Crippen LogP contribution < -0.4 is 9.47 Å². The minimum atomic E-state index is 0.121. The highest BCUT2D eigenvalue weighted by Gasteiger charge is 2.13. The fourth-order valence-corrected chi connectivity index (χ4v) is 1.97. The van der Waals surface area contributed by atoms with Gasteiger partial charge in [0, 0.05) is 5.39 Å². The minimum absolute atomic E-state index is 0.121. The van der Waals surface area contributed by atoms with E-state index in [4.69, 9.17) is 21.1 Å². The van der Waals surface area contributed by atoms with Crippen molar-refractivity contribution in [1.82, 2.24) is 0 Å². The first-order valence-electron chi connectivity index (χ1n) is 4.71. The Bertz CT molecular complexity index is 488. The summed E-state index contributed by atoms with van der Waals surface area (Å²) in [4.78, 5) is 0. The van der Waals surface area contributed by atoms with E-state index in [1.165, 1.54) is 0 Å². The van der Waals surface area contributed by atoms with Crippen LogP contribution in [-0.4, -0.2) is 19.3 Å². The zero-order valence-corrected chi connectivity index (χ0v) is 9.71. The number of ether oxygens (including phenoxy) is 2. The molecule has 1 N–H and O–H groups in total. The lowest BCUT2D eigenvalue weighted by Gasteiger charge is -2.11. The van der Waals surface area contributed by atoms with Crippen LogP contribution in [0.3, 0.4) is 0 Å². The summed E-state index contributed by atoms with van der Waals surface area (Å²) in [6.07, 6.45) is 0. The third-order valence-corrected chi connectivity index (χ3v) is 2.77. The van der Waals surface area contributed by atoms with E-state index < -0.39 is 0 Å². The number of benzene rings is 2. The van der Waals surface area contributed by atoms with Gasteiger partial charge in [0.15, 0.2) is 0 Å². The van der Waals surface area contributed by atoms with Gasteiger partial charge in [-0.25, -0.2) is 0 Å². The molecule has 2 aromatic rings. The van der Waals surface area contributed by atoms with Crippen LogP contribution in [0.1, 0.15) is 0 Å². The molecule has 84 valence electrons. The maximum absolute atomic E-state index is 9.83. The number of phenols is 1. The minimum Gasteiger partial charge on any atom is -0.507 e. The van der Waals surface area contributed by atoms with Gasteiger partial charge in [-0.15, -0.1) is 0 Å². The summed E-state index contributed by atoms with van der Waals surface area (Å²) in [7, 11) is 3.10. The first-order valence-corrected chi connectivity index (χ1v) is 5.09. The predicted octanol–water partition coefficient (Wildman–Crippen LogP) is 3.22. The predicted molar refractivity (Wildman–Crippen MR) is 63.7 cm³/mol. The second-order valence-electron chi connectivity index (χ2n) is 3.29. The standard InChI is InChI=1S/C12H11ClO3/c1-15-9-6-4-8(14)12-10(16-2)5-3-7(13)11(9)12/h3-6,14H,1-2H3. The van der Waals surface area contributed by atoms with Gasteiger partial charge in [0.2, 0.25) is 0 Å². The van der Waals surface area contributed by atoms with Crippen molar-refractivity contribution in [2.45, 2.75) is 0 Å². The van der Waals surface area contributed by atoms with Crippen molar-refractivity contribution >= 4 is 22.4 Å². The van der Waals surface area contributed by atoms with Gasteiger partial charge in [-0.2, -0.15) is 0 Å². The van der Waals surface area contributed by atoms with Crippen LogP contribution in [0.2, 0.25) is 5.02 Å². The van der Waals surface area contributed by atoms with Crippen LogP contribution >= 0.6 is 11.6 Å². The largest absolute Gasteiger partial charge is 0.507 e. The number of rotatable bonds is 2. The Balaban J connectivity index is 2.94. The average Bonchev–Trinajstić information content (AvgIpc) is 2.31. The van der Waals surface area contributed by atoms with Crippen LogP contribution in [0, 0.1) is 0 Å². The molecule has 0 spiro atoms. The molecule has 0 aliphatic heterocycles. The van der Waals surface area contributed by atoms with Crippen molar-refractivity contribution in [2.75, 3.05) is 14.2 Å². The monoisotopic (exact) mass is 238 g/mol. The molecule has 2 aromatic carbocycles. The maximum Gasteiger partial charge on any atom is 0.130 e. The zero-order valence-electron chi connectivity index (χ0n) is 8.95. The van der Waals surface area contributed by atoms with Gasteiger partial charge >= 0.3 is 0 Å². The summed E-state index contributed by atoms with van der Waals surface area (Å²) >= 11 is 6.10. The summed E-state index contributed by atoms with van der Waals surface area (Å²) < 4.78 is 10.4. The fourth-order valence-electron chi connectivity index (χ4n) is 1.71. The molecule has 4 heteroatoms. The van der Waals surface area contributed by atoms with E-state index in [0.717, 1.165) is 0 Å². The fraction of sp³-hybridized carbons (Fsp3) is 0.167. The molecule has 0 saturated heterocycles. The Kier molecular flexibility index (Phi) is 2.79. The summed E-state index contributed by atoms with van der Waals surface area (Å²) in [6, 6.07) is 6.65. The van der Waals surface area contributed by atoms with E-state index in [-0.39, 0.29) is 5.75 Å². The number of aromatic hydroxyl groups is 1. The Morgan fingerprint density at radius 3 is 2.12 bits per heavy atom. The normalized spacial score (nSPS) is 10.4. The Hall–Kier alpha value is -1.61. The Morgan fingerprint density at radius 2 is 1.50 bits per heavy atom. The summed E-state index contributed by atoms with van der Waals surface area (Å²) in [5.41, 5.74) is 0. The Morgan fingerprint density at radius 1 is 0.938 bits per heavy atom. The lowest BCUT2D eigenvalue weighted by Crippen LogP contribution is -1.90. The van der Waals surface area contributed by atoms with Gasteiger partial charge in [0.1, 0.15) is 17.2 Å². The van der Waals surface area contributed by atoms with Crippen LogP contribution in [0.5, 0.6) is 17.2 Å². The molecule has 0 atom stereocenters. The van der Waals surface area contributed by atoms with Crippen LogP contribution in [0.15, 0.2) is 24.3 Å². The van der Waals surface area contributed by atoms with Crippen LogP contribution in [-0.2, 0) is 0 Å². The highest BCUT2D eigenvalue weighted by Crippen LogP contribution is 2.42. The molecule has 3 nitrogen and oxygen atoms in total. The van der Waals surface area contributed by atoms with Gasteiger partial charge < -0.3 is 14.6 Å². The van der Waals surface area contributed by atoms with Crippen molar-refractivity contribution in [3.05, 3.63) is 29.3 Å². The summed E-state index contributed by atoms with van der Waals surface area (Å²) in [6.45, 7) is 0. The van der Waals surface area contributed by atoms with Crippen LogP contribution in [0.4, 0.5) is 0 Å². The quantitative estimate of drug-likeness (QED) is 0.873. The first kappa shape index (κ1) is 10.9.